The molecule has 0 aliphatic heterocycles. The first-order chi connectivity index (χ1) is 10.8. The number of benzene rings is 1. The number of aromatic nitrogens is 2. The Bertz CT molecular complexity index is 670. The van der Waals surface area contributed by atoms with Crippen LogP contribution in [0.3, 0.4) is 0 Å². The van der Waals surface area contributed by atoms with Gasteiger partial charge in [-0.2, -0.15) is 0 Å². The van der Waals surface area contributed by atoms with Crippen LogP contribution in [0.4, 0.5) is 0 Å². The molecule has 2 rings (SSSR count). The van der Waals surface area contributed by atoms with Gasteiger partial charge in [0, 0.05) is 12.4 Å². The van der Waals surface area contributed by atoms with Gasteiger partial charge in [0.15, 0.2) is 5.82 Å². The van der Waals surface area contributed by atoms with Gasteiger partial charge in [0.25, 0.3) is 5.91 Å². The molecule has 0 aliphatic carbocycles. The lowest BCUT2D eigenvalue weighted by Crippen LogP contribution is -2.31. The first kappa shape index (κ1) is 16.7. The fourth-order valence-electron chi connectivity index (χ4n) is 2.26. The number of nitrogens with zero attached hydrogens (tertiary/aromatic N) is 1. The topological polar surface area (TPSA) is 95.1 Å². The maximum atomic E-state index is 12.1. The van der Waals surface area contributed by atoms with Crippen LogP contribution in [0.2, 0.25) is 0 Å². The SMILES string of the molecule is CC(C)(C)c1ccc(C(CC(=O)O)NC(=O)c2ncc[nH]2)cc1. The van der Waals surface area contributed by atoms with Crippen LogP contribution in [0.1, 0.15) is 55.0 Å². The third kappa shape index (κ3) is 4.42. The number of carbonyl (C=O) groups excluding carboxylic acids is 1. The number of imidazole rings is 1. The van der Waals surface area contributed by atoms with Crippen molar-refractivity contribution >= 4 is 11.9 Å². The van der Waals surface area contributed by atoms with Crippen molar-refractivity contribution in [1.82, 2.24) is 15.3 Å². The van der Waals surface area contributed by atoms with Gasteiger partial charge in [0.05, 0.1) is 12.5 Å². The van der Waals surface area contributed by atoms with Gasteiger partial charge in [-0.25, -0.2) is 4.98 Å². The van der Waals surface area contributed by atoms with Crippen LogP contribution in [-0.2, 0) is 10.2 Å². The normalized spacial score (nSPS) is 12.7. The van der Waals surface area contributed by atoms with Crippen LogP contribution < -0.4 is 5.32 Å². The van der Waals surface area contributed by atoms with E-state index in [4.69, 9.17) is 5.11 Å². The van der Waals surface area contributed by atoms with Crippen LogP contribution in [-0.4, -0.2) is 27.0 Å². The molecule has 1 atom stereocenters. The molecule has 6 nitrogen and oxygen atoms in total. The number of carboxylic acid groups (broad SMARTS) is 1. The highest BCUT2D eigenvalue weighted by Crippen LogP contribution is 2.25. The van der Waals surface area contributed by atoms with Gasteiger partial charge < -0.3 is 15.4 Å². The van der Waals surface area contributed by atoms with Crippen LogP contribution in [0, 0.1) is 0 Å². The molecule has 0 bridgehead atoms. The summed E-state index contributed by atoms with van der Waals surface area (Å²) >= 11 is 0. The lowest BCUT2D eigenvalue weighted by molar-refractivity contribution is -0.137. The quantitative estimate of drug-likeness (QED) is 0.790. The smallest absolute Gasteiger partial charge is 0.305 e. The summed E-state index contributed by atoms with van der Waals surface area (Å²) in [7, 11) is 0. The molecule has 122 valence electrons. The third-order valence-electron chi connectivity index (χ3n) is 3.58. The summed E-state index contributed by atoms with van der Waals surface area (Å²) in [5, 5.41) is 11.8. The standard InChI is InChI=1S/C17H21N3O3/c1-17(2,3)12-6-4-11(5-7-12)13(10-14(21)22)20-16(23)15-18-8-9-19-15/h4-9,13H,10H2,1-3H3,(H,18,19)(H,20,23)(H,21,22). The monoisotopic (exact) mass is 315 g/mol. The Balaban J connectivity index is 2.21. The molecule has 0 spiro atoms. The number of aliphatic carboxylic acids is 1. The molecule has 1 unspecified atom stereocenters. The molecule has 23 heavy (non-hydrogen) atoms. The Morgan fingerprint density at radius 2 is 1.91 bits per heavy atom. The molecule has 0 saturated carbocycles. The average molecular weight is 315 g/mol. The Hall–Kier alpha value is -2.63. The number of nitrogens with one attached hydrogen (secondary N) is 2. The fourth-order valence-corrected chi connectivity index (χ4v) is 2.26. The second-order valence-electron chi connectivity index (χ2n) is 6.43. The van der Waals surface area contributed by atoms with Gasteiger partial charge in [-0.05, 0) is 16.5 Å². The number of amides is 1. The summed E-state index contributed by atoms with van der Waals surface area (Å²) in [6, 6.07) is 7.03. The number of H-pyrrole nitrogens is 1. The van der Waals surface area contributed by atoms with Crippen LogP contribution in [0.15, 0.2) is 36.7 Å². The zero-order chi connectivity index (χ0) is 17.0. The van der Waals surface area contributed by atoms with E-state index in [0.29, 0.717) is 0 Å². The van der Waals surface area contributed by atoms with E-state index in [1.165, 1.54) is 6.20 Å². The van der Waals surface area contributed by atoms with E-state index in [1.54, 1.807) is 6.20 Å². The van der Waals surface area contributed by atoms with E-state index in [1.807, 2.05) is 24.3 Å². The number of hydrogen-bond acceptors (Lipinski definition) is 3. The van der Waals surface area contributed by atoms with Crippen molar-refractivity contribution in [3.63, 3.8) is 0 Å². The maximum Gasteiger partial charge on any atom is 0.305 e. The van der Waals surface area contributed by atoms with Gasteiger partial charge in [-0.15, -0.1) is 0 Å². The molecule has 1 amide bonds. The Kier molecular flexibility index (Phi) is 4.83. The Morgan fingerprint density at radius 1 is 1.26 bits per heavy atom. The second-order valence-corrected chi connectivity index (χ2v) is 6.43. The first-order valence-corrected chi connectivity index (χ1v) is 7.40. The maximum absolute atomic E-state index is 12.1. The molecule has 0 radical (unpaired) electrons. The van der Waals surface area contributed by atoms with Crippen molar-refractivity contribution in [2.75, 3.05) is 0 Å². The van der Waals surface area contributed by atoms with Crippen LogP contribution in [0.25, 0.3) is 0 Å². The third-order valence-corrected chi connectivity index (χ3v) is 3.58. The van der Waals surface area contributed by atoms with E-state index >= 15 is 0 Å². The summed E-state index contributed by atoms with van der Waals surface area (Å²) in [6.07, 6.45) is 2.82. The molecule has 0 fully saturated rings. The highest BCUT2D eigenvalue weighted by Gasteiger charge is 2.21. The molecule has 1 aromatic carbocycles. The predicted molar refractivity (Wildman–Crippen MR) is 86.2 cm³/mol. The van der Waals surface area contributed by atoms with Crippen molar-refractivity contribution in [3.8, 4) is 0 Å². The minimum Gasteiger partial charge on any atom is -0.481 e. The molecule has 0 aliphatic rings. The summed E-state index contributed by atoms with van der Waals surface area (Å²) < 4.78 is 0. The molecular weight excluding hydrogens is 294 g/mol. The van der Waals surface area contributed by atoms with Crippen LogP contribution >= 0.6 is 0 Å². The molecular formula is C17H21N3O3. The fraction of sp³-hybridized carbons (Fsp3) is 0.353. The van der Waals surface area contributed by atoms with E-state index in [9.17, 15) is 9.59 Å². The minimum absolute atomic E-state index is 0.0121. The molecule has 1 heterocycles. The van der Waals surface area contributed by atoms with Crippen molar-refractivity contribution in [2.45, 2.75) is 38.6 Å². The summed E-state index contributed by atoms with van der Waals surface area (Å²) in [5.41, 5.74) is 1.91. The Labute approximate surface area is 135 Å². The molecule has 0 saturated heterocycles. The largest absolute Gasteiger partial charge is 0.481 e. The number of carboxylic acids is 1. The zero-order valence-electron chi connectivity index (χ0n) is 13.5. The lowest BCUT2D eigenvalue weighted by atomic mass is 9.86. The summed E-state index contributed by atoms with van der Waals surface area (Å²) in [4.78, 5) is 29.8. The number of carbonyl (C=O) groups is 2. The van der Waals surface area contributed by atoms with Crippen LogP contribution in [0.5, 0.6) is 0 Å². The minimum atomic E-state index is -0.977. The highest BCUT2D eigenvalue weighted by molar-refractivity contribution is 5.91. The first-order valence-electron chi connectivity index (χ1n) is 7.40. The number of hydrogen-bond donors (Lipinski definition) is 3. The number of aromatic amines is 1. The molecule has 6 heteroatoms. The van der Waals surface area contributed by atoms with E-state index in [0.717, 1.165) is 11.1 Å². The van der Waals surface area contributed by atoms with Crippen molar-refractivity contribution in [3.05, 3.63) is 53.6 Å². The van der Waals surface area contributed by atoms with E-state index < -0.39 is 17.9 Å². The van der Waals surface area contributed by atoms with E-state index in [-0.39, 0.29) is 17.7 Å². The number of rotatable bonds is 5. The lowest BCUT2D eigenvalue weighted by Gasteiger charge is -2.21. The van der Waals surface area contributed by atoms with Gasteiger partial charge in [-0.1, -0.05) is 45.0 Å². The van der Waals surface area contributed by atoms with Crippen molar-refractivity contribution < 1.29 is 14.7 Å². The van der Waals surface area contributed by atoms with Gasteiger partial charge in [0.1, 0.15) is 0 Å². The van der Waals surface area contributed by atoms with Crippen molar-refractivity contribution in [2.24, 2.45) is 0 Å². The predicted octanol–water partition coefficient (Wildman–Crippen LogP) is 2.65. The highest BCUT2D eigenvalue weighted by atomic mass is 16.4. The van der Waals surface area contributed by atoms with Gasteiger partial charge >= 0.3 is 5.97 Å². The molecule has 2 aromatic rings. The zero-order valence-corrected chi connectivity index (χ0v) is 13.5. The summed E-state index contributed by atoms with van der Waals surface area (Å²) in [6.45, 7) is 6.32. The Morgan fingerprint density at radius 3 is 2.39 bits per heavy atom. The molecule has 1 aromatic heterocycles. The summed E-state index contributed by atoms with van der Waals surface area (Å²) in [5.74, 6) is -1.25. The van der Waals surface area contributed by atoms with Gasteiger partial charge in [-0.3, -0.25) is 9.59 Å². The molecule has 3 N–H and O–H groups in total. The van der Waals surface area contributed by atoms with Crippen molar-refractivity contribution in [1.29, 1.82) is 0 Å². The average Bonchev–Trinajstić information content (AvgIpc) is 2.99. The van der Waals surface area contributed by atoms with E-state index in [2.05, 4.69) is 36.1 Å². The second kappa shape index (κ2) is 6.64. The van der Waals surface area contributed by atoms with Gasteiger partial charge in [0.2, 0.25) is 0 Å².